The monoisotopic (exact) mass is 205 g/mol. The Morgan fingerprint density at radius 2 is 1.93 bits per heavy atom. The highest BCUT2D eigenvalue weighted by Gasteiger charge is 2.10. The molecule has 6 nitrogen and oxygen atoms in total. The summed E-state index contributed by atoms with van der Waals surface area (Å²) in [5, 5.41) is 0. The predicted molar refractivity (Wildman–Crippen MR) is 53.8 cm³/mol. The molecule has 1 heterocycles. The maximum absolute atomic E-state index is 11.3. The topological polar surface area (TPSA) is 97.9 Å². The average Bonchev–Trinajstić information content (AvgIpc) is 2.19. The highest BCUT2D eigenvalue weighted by molar-refractivity contribution is 5.87. The Hall–Kier alpha value is -2.37. The van der Waals surface area contributed by atoms with Crippen molar-refractivity contribution in [3.63, 3.8) is 0 Å². The first kappa shape index (κ1) is 9.20. The van der Waals surface area contributed by atoms with Gasteiger partial charge in [-0.2, -0.15) is 0 Å². The first-order chi connectivity index (χ1) is 7.11. The molecule has 0 spiro atoms. The lowest BCUT2D eigenvalue weighted by molar-refractivity contribution is 0.250. The second-order valence-corrected chi connectivity index (χ2v) is 2.95. The van der Waals surface area contributed by atoms with E-state index in [2.05, 4.69) is 4.98 Å². The van der Waals surface area contributed by atoms with Crippen molar-refractivity contribution in [2.75, 3.05) is 0 Å². The van der Waals surface area contributed by atoms with E-state index in [-0.39, 0.29) is 5.52 Å². The van der Waals surface area contributed by atoms with Crippen molar-refractivity contribution in [2.45, 2.75) is 0 Å². The van der Waals surface area contributed by atoms with Crippen molar-refractivity contribution in [1.82, 2.24) is 9.55 Å². The summed E-state index contributed by atoms with van der Waals surface area (Å²) in [5.41, 5.74) is 3.86. The van der Waals surface area contributed by atoms with E-state index in [1.165, 1.54) is 6.07 Å². The Morgan fingerprint density at radius 1 is 1.27 bits per heavy atom. The van der Waals surface area contributed by atoms with E-state index in [0.717, 1.165) is 0 Å². The number of rotatable bonds is 0. The molecule has 3 N–H and O–H groups in total. The number of primary amides is 1. The van der Waals surface area contributed by atoms with Crippen LogP contribution in [0.25, 0.3) is 11.0 Å². The summed E-state index contributed by atoms with van der Waals surface area (Å²) in [6.45, 7) is 0. The summed E-state index contributed by atoms with van der Waals surface area (Å²) < 4.78 is 0.647. The molecule has 1 aromatic carbocycles. The molecule has 0 fully saturated rings. The number of fused-ring (bicyclic) bond motifs is 1. The molecule has 0 bridgehead atoms. The second kappa shape index (κ2) is 3.09. The molecule has 1 aromatic heterocycles. The van der Waals surface area contributed by atoms with Gasteiger partial charge in [-0.25, -0.2) is 9.36 Å². The standard InChI is InChI=1S/C9H7N3O3/c10-9(15)12-6-4-2-1-3-5(6)11-7(13)8(12)14/h1-4H,(H2,10,15)(H,11,13). The number of amides is 1. The van der Waals surface area contributed by atoms with E-state index in [9.17, 15) is 14.4 Å². The molecule has 0 radical (unpaired) electrons. The highest BCUT2D eigenvalue weighted by atomic mass is 16.2. The van der Waals surface area contributed by atoms with Crippen LogP contribution in [-0.4, -0.2) is 15.6 Å². The second-order valence-electron chi connectivity index (χ2n) is 2.95. The van der Waals surface area contributed by atoms with Gasteiger partial charge in [-0.1, -0.05) is 12.1 Å². The number of carbonyl (C=O) groups is 1. The number of aromatic amines is 1. The Kier molecular flexibility index (Phi) is 1.89. The Morgan fingerprint density at radius 3 is 2.60 bits per heavy atom. The molecule has 0 aliphatic rings. The number of benzene rings is 1. The van der Waals surface area contributed by atoms with Crippen LogP contribution in [-0.2, 0) is 0 Å². The van der Waals surface area contributed by atoms with Crippen LogP contribution < -0.4 is 16.9 Å². The van der Waals surface area contributed by atoms with Gasteiger partial charge in [0.05, 0.1) is 11.0 Å². The molecule has 0 unspecified atom stereocenters. The maximum Gasteiger partial charge on any atom is 0.326 e. The van der Waals surface area contributed by atoms with Crippen LogP contribution in [0.5, 0.6) is 0 Å². The number of para-hydroxylation sites is 2. The zero-order valence-corrected chi connectivity index (χ0v) is 7.56. The zero-order valence-electron chi connectivity index (χ0n) is 7.56. The van der Waals surface area contributed by atoms with Gasteiger partial charge in [0.25, 0.3) is 0 Å². The van der Waals surface area contributed by atoms with Crippen molar-refractivity contribution >= 4 is 17.1 Å². The number of hydrogen-bond donors (Lipinski definition) is 2. The van der Waals surface area contributed by atoms with Crippen LogP contribution in [0.3, 0.4) is 0 Å². The Labute approximate surface area is 83.0 Å². The lowest BCUT2D eigenvalue weighted by Crippen LogP contribution is -2.41. The SMILES string of the molecule is NC(=O)n1c(=O)c(=O)[nH]c2ccccc21. The smallest absolute Gasteiger partial charge is 0.326 e. The molecule has 2 rings (SSSR count). The van der Waals surface area contributed by atoms with E-state index in [1.54, 1.807) is 18.2 Å². The number of hydrogen-bond acceptors (Lipinski definition) is 3. The lowest BCUT2D eigenvalue weighted by Gasteiger charge is -2.03. The van der Waals surface area contributed by atoms with E-state index in [0.29, 0.717) is 10.1 Å². The predicted octanol–water partition coefficient (Wildman–Crippen LogP) is -0.383. The van der Waals surface area contributed by atoms with Crippen molar-refractivity contribution in [3.8, 4) is 0 Å². The minimum Gasteiger partial charge on any atom is -0.351 e. The average molecular weight is 205 g/mol. The van der Waals surface area contributed by atoms with Gasteiger partial charge in [-0.15, -0.1) is 0 Å². The molecule has 1 amide bonds. The fourth-order valence-corrected chi connectivity index (χ4v) is 1.38. The van der Waals surface area contributed by atoms with Crippen LogP contribution in [0.15, 0.2) is 33.9 Å². The fourth-order valence-electron chi connectivity index (χ4n) is 1.38. The van der Waals surface area contributed by atoms with E-state index < -0.39 is 17.1 Å². The molecule has 0 aliphatic heterocycles. The van der Waals surface area contributed by atoms with Gasteiger partial charge in [-0.3, -0.25) is 9.59 Å². The molecular weight excluding hydrogens is 198 g/mol. The third kappa shape index (κ3) is 1.32. The number of aromatic nitrogens is 2. The summed E-state index contributed by atoms with van der Waals surface area (Å²) in [4.78, 5) is 35.9. The fraction of sp³-hybridized carbons (Fsp3) is 0. The van der Waals surface area contributed by atoms with Crippen LogP contribution in [0.4, 0.5) is 4.79 Å². The van der Waals surface area contributed by atoms with Crippen molar-refractivity contribution in [2.24, 2.45) is 5.73 Å². The van der Waals surface area contributed by atoms with E-state index >= 15 is 0 Å². The molecule has 0 atom stereocenters. The number of H-pyrrole nitrogens is 1. The van der Waals surface area contributed by atoms with Gasteiger partial charge >= 0.3 is 17.1 Å². The van der Waals surface area contributed by atoms with Gasteiger partial charge in [0.2, 0.25) is 0 Å². The Balaban J connectivity index is 3.09. The molecule has 0 saturated heterocycles. The lowest BCUT2D eigenvalue weighted by atomic mass is 10.3. The van der Waals surface area contributed by atoms with Crippen molar-refractivity contribution < 1.29 is 4.79 Å². The number of nitrogens with zero attached hydrogens (tertiary/aromatic N) is 1. The van der Waals surface area contributed by atoms with Crippen LogP contribution in [0.2, 0.25) is 0 Å². The van der Waals surface area contributed by atoms with Gasteiger partial charge in [0, 0.05) is 0 Å². The third-order valence-corrected chi connectivity index (χ3v) is 2.01. The van der Waals surface area contributed by atoms with Crippen LogP contribution in [0.1, 0.15) is 0 Å². The van der Waals surface area contributed by atoms with E-state index in [4.69, 9.17) is 5.73 Å². The van der Waals surface area contributed by atoms with E-state index in [1.807, 2.05) is 0 Å². The normalized spacial score (nSPS) is 10.4. The van der Waals surface area contributed by atoms with Crippen LogP contribution >= 0.6 is 0 Å². The summed E-state index contributed by atoms with van der Waals surface area (Å²) in [6, 6.07) is 5.45. The zero-order chi connectivity index (χ0) is 11.0. The summed E-state index contributed by atoms with van der Waals surface area (Å²) >= 11 is 0. The quantitative estimate of drug-likeness (QED) is 0.573. The van der Waals surface area contributed by atoms with Gasteiger partial charge < -0.3 is 10.7 Å². The van der Waals surface area contributed by atoms with Gasteiger partial charge in [0.15, 0.2) is 0 Å². The third-order valence-electron chi connectivity index (χ3n) is 2.01. The molecular formula is C9H7N3O3. The Bertz CT molecular complexity index is 653. The van der Waals surface area contributed by atoms with Crippen molar-refractivity contribution in [3.05, 3.63) is 45.0 Å². The number of carbonyl (C=O) groups excluding carboxylic acids is 1. The highest BCUT2D eigenvalue weighted by Crippen LogP contribution is 2.05. The van der Waals surface area contributed by atoms with Crippen molar-refractivity contribution in [1.29, 1.82) is 0 Å². The number of nitrogens with one attached hydrogen (secondary N) is 1. The molecule has 6 heteroatoms. The van der Waals surface area contributed by atoms with Gasteiger partial charge in [-0.05, 0) is 12.1 Å². The molecule has 2 aromatic rings. The van der Waals surface area contributed by atoms with Crippen LogP contribution in [0, 0.1) is 0 Å². The van der Waals surface area contributed by atoms with Gasteiger partial charge in [0.1, 0.15) is 0 Å². The molecule has 76 valence electrons. The largest absolute Gasteiger partial charge is 0.351 e. The summed E-state index contributed by atoms with van der Waals surface area (Å²) in [7, 11) is 0. The molecule has 15 heavy (non-hydrogen) atoms. The first-order valence-electron chi connectivity index (χ1n) is 4.15. The summed E-state index contributed by atoms with van der Waals surface area (Å²) in [6.07, 6.45) is 0. The minimum absolute atomic E-state index is 0.287. The molecule has 0 aliphatic carbocycles. The number of nitrogens with two attached hydrogens (primary N) is 1. The summed E-state index contributed by atoms with van der Waals surface area (Å²) in [5.74, 6) is 0. The molecule has 0 saturated carbocycles. The first-order valence-corrected chi connectivity index (χ1v) is 4.15. The maximum atomic E-state index is 11.3. The minimum atomic E-state index is -0.971.